The van der Waals surface area contributed by atoms with Gasteiger partial charge in [-0.3, -0.25) is 4.79 Å². The lowest BCUT2D eigenvalue weighted by Crippen LogP contribution is -2.29. The first-order valence-electron chi connectivity index (χ1n) is 7.36. The van der Waals surface area contributed by atoms with E-state index in [1.807, 2.05) is 55.3 Å². The molecule has 0 fully saturated rings. The van der Waals surface area contributed by atoms with Crippen molar-refractivity contribution < 1.29 is 4.79 Å². The van der Waals surface area contributed by atoms with Gasteiger partial charge in [-0.2, -0.15) is 0 Å². The number of carbonyl (C=O) groups excluding carboxylic acids is 1. The largest absolute Gasteiger partial charge is 0.352 e. The number of nitrogens with zero attached hydrogens (tertiary/aromatic N) is 2. The van der Waals surface area contributed by atoms with E-state index in [9.17, 15) is 4.79 Å². The number of rotatable bonds is 6. The second kappa shape index (κ2) is 7.56. The Bertz CT molecular complexity index is 596. The number of amides is 1. The average molecular weight is 298 g/mol. The molecule has 0 aliphatic heterocycles. The second-order valence-corrected chi connectivity index (χ2v) is 5.32. The number of hydrogen-bond donors (Lipinski definition) is 2. The lowest BCUT2D eigenvalue weighted by atomic mass is 10.2. The van der Waals surface area contributed by atoms with E-state index < -0.39 is 0 Å². The summed E-state index contributed by atoms with van der Waals surface area (Å²) in [5, 5.41) is 2.84. The molecule has 0 aliphatic carbocycles. The van der Waals surface area contributed by atoms with Crippen LogP contribution in [0.4, 0.5) is 11.5 Å². The molecule has 22 heavy (non-hydrogen) atoms. The number of nitrogens with one attached hydrogen (secondary N) is 1. The van der Waals surface area contributed by atoms with Gasteiger partial charge >= 0.3 is 0 Å². The number of nitrogens with two attached hydrogens (primary N) is 1. The zero-order valence-corrected chi connectivity index (χ0v) is 13.0. The van der Waals surface area contributed by atoms with E-state index in [-0.39, 0.29) is 11.9 Å². The normalized spacial score (nSPS) is 11.8. The first-order valence-corrected chi connectivity index (χ1v) is 7.36. The average Bonchev–Trinajstić information content (AvgIpc) is 2.54. The zero-order valence-electron chi connectivity index (χ0n) is 13.0. The summed E-state index contributed by atoms with van der Waals surface area (Å²) in [5.74, 6) is 0.667. The van der Waals surface area contributed by atoms with E-state index in [1.165, 1.54) is 0 Å². The SMILES string of the molecule is CC(N)CCNC(=O)c1ccc(N(C)c2ccccc2)nc1. The van der Waals surface area contributed by atoms with Gasteiger partial charge in [-0.25, -0.2) is 4.98 Å². The minimum absolute atomic E-state index is 0.0836. The molecule has 1 unspecified atom stereocenters. The van der Waals surface area contributed by atoms with Gasteiger partial charge in [0.1, 0.15) is 5.82 Å². The van der Waals surface area contributed by atoms with Gasteiger partial charge in [-0.05, 0) is 37.6 Å². The first kappa shape index (κ1) is 16.0. The molecule has 1 aromatic heterocycles. The van der Waals surface area contributed by atoms with Crippen LogP contribution in [0.2, 0.25) is 0 Å². The van der Waals surface area contributed by atoms with E-state index >= 15 is 0 Å². The number of pyridine rings is 1. The number of para-hydroxylation sites is 1. The van der Waals surface area contributed by atoms with Crippen molar-refractivity contribution in [1.29, 1.82) is 0 Å². The predicted octanol–water partition coefficient (Wildman–Crippen LogP) is 2.32. The molecule has 0 saturated carbocycles. The quantitative estimate of drug-likeness (QED) is 0.858. The molecule has 0 saturated heterocycles. The maximum Gasteiger partial charge on any atom is 0.252 e. The third-order valence-electron chi connectivity index (χ3n) is 3.38. The summed E-state index contributed by atoms with van der Waals surface area (Å²) in [6.07, 6.45) is 2.35. The fourth-order valence-corrected chi connectivity index (χ4v) is 2.02. The van der Waals surface area contributed by atoms with Crippen LogP contribution in [0.15, 0.2) is 48.7 Å². The molecular weight excluding hydrogens is 276 g/mol. The summed E-state index contributed by atoms with van der Waals surface area (Å²) in [6, 6.07) is 13.7. The fraction of sp³-hybridized carbons (Fsp3) is 0.294. The molecular formula is C17H22N4O. The van der Waals surface area contributed by atoms with Crippen molar-refractivity contribution in [2.45, 2.75) is 19.4 Å². The molecule has 0 aliphatic rings. The molecule has 0 spiro atoms. The maximum absolute atomic E-state index is 12.0. The van der Waals surface area contributed by atoms with Crippen LogP contribution in [0.25, 0.3) is 0 Å². The molecule has 2 rings (SSSR count). The van der Waals surface area contributed by atoms with Crippen LogP contribution in [0.5, 0.6) is 0 Å². The lowest BCUT2D eigenvalue weighted by Gasteiger charge is -2.18. The highest BCUT2D eigenvalue weighted by Crippen LogP contribution is 2.20. The van der Waals surface area contributed by atoms with Gasteiger partial charge in [0, 0.05) is 31.5 Å². The summed E-state index contributed by atoms with van der Waals surface area (Å²) in [4.78, 5) is 18.3. The molecule has 0 radical (unpaired) electrons. The molecule has 1 heterocycles. The minimum atomic E-state index is -0.123. The van der Waals surface area contributed by atoms with E-state index in [0.717, 1.165) is 17.9 Å². The van der Waals surface area contributed by atoms with Crippen LogP contribution in [-0.4, -0.2) is 30.5 Å². The summed E-state index contributed by atoms with van der Waals surface area (Å²) >= 11 is 0. The Balaban J connectivity index is 1.99. The van der Waals surface area contributed by atoms with Crippen LogP contribution in [-0.2, 0) is 0 Å². The van der Waals surface area contributed by atoms with E-state index in [2.05, 4.69) is 10.3 Å². The number of anilines is 2. The molecule has 1 aromatic carbocycles. The summed E-state index contributed by atoms with van der Waals surface area (Å²) in [7, 11) is 1.94. The highest BCUT2D eigenvalue weighted by molar-refractivity contribution is 5.94. The number of hydrogen-bond acceptors (Lipinski definition) is 4. The first-order chi connectivity index (χ1) is 10.6. The van der Waals surface area contributed by atoms with Crippen molar-refractivity contribution >= 4 is 17.4 Å². The van der Waals surface area contributed by atoms with Crippen molar-refractivity contribution in [2.75, 3.05) is 18.5 Å². The maximum atomic E-state index is 12.0. The third kappa shape index (κ3) is 4.30. The van der Waals surface area contributed by atoms with Crippen LogP contribution in [0.3, 0.4) is 0 Å². The van der Waals surface area contributed by atoms with Crippen LogP contribution in [0.1, 0.15) is 23.7 Å². The molecule has 3 N–H and O–H groups in total. The molecule has 1 amide bonds. The van der Waals surface area contributed by atoms with Gasteiger partial charge < -0.3 is 16.0 Å². The van der Waals surface area contributed by atoms with Crippen molar-refractivity contribution in [1.82, 2.24) is 10.3 Å². The van der Waals surface area contributed by atoms with Gasteiger partial charge in [0.2, 0.25) is 0 Å². The Kier molecular flexibility index (Phi) is 5.49. The summed E-state index contributed by atoms with van der Waals surface area (Å²) < 4.78 is 0. The summed E-state index contributed by atoms with van der Waals surface area (Å²) in [5.41, 5.74) is 7.25. The molecule has 2 aromatic rings. The Morgan fingerprint density at radius 1 is 1.27 bits per heavy atom. The fourth-order valence-electron chi connectivity index (χ4n) is 2.02. The van der Waals surface area contributed by atoms with Crippen LogP contribution in [0, 0.1) is 0 Å². The second-order valence-electron chi connectivity index (χ2n) is 5.32. The smallest absolute Gasteiger partial charge is 0.252 e. The van der Waals surface area contributed by atoms with E-state index in [0.29, 0.717) is 12.1 Å². The number of carbonyl (C=O) groups is 1. The summed E-state index contributed by atoms with van der Waals surface area (Å²) in [6.45, 7) is 2.49. The minimum Gasteiger partial charge on any atom is -0.352 e. The Morgan fingerprint density at radius 2 is 2.00 bits per heavy atom. The Labute approximate surface area is 131 Å². The van der Waals surface area contributed by atoms with Crippen molar-refractivity contribution in [3.05, 3.63) is 54.2 Å². The van der Waals surface area contributed by atoms with Crippen LogP contribution >= 0.6 is 0 Å². The van der Waals surface area contributed by atoms with Gasteiger partial charge in [-0.15, -0.1) is 0 Å². The lowest BCUT2D eigenvalue weighted by molar-refractivity contribution is 0.0952. The number of aromatic nitrogens is 1. The molecule has 116 valence electrons. The molecule has 0 bridgehead atoms. The van der Waals surface area contributed by atoms with Gasteiger partial charge in [0.25, 0.3) is 5.91 Å². The van der Waals surface area contributed by atoms with E-state index in [1.54, 1.807) is 12.3 Å². The Morgan fingerprint density at radius 3 is 2.59 bits per heavy atom. The third-order valence-corrected chi connectivity index (χ3v) is 3.38. The van der Waals surface area contributed by atoms with E-state index in [4.69, 9.17) is 5.73 Å². The van der Waals surface area contributed by atoms with Crippen molar-refractivity contribution in [3.63, 3.8) is 0 Å². The highest BCUT2D eigenvalue weighted by Gasteiger charge is 2.08. The monoisotopic (exact) mass is 298 g/mol. The zero-order chi connectivity index (χ0) is 15.9. The molecule has 5 heteroatoms. The Hall–Kier alpha value is -2.40. The van der Waals surface area contributed by atoms with Gasteiger partial charge in [0.05, 0.1) is 5.56 Å². The van der Waals surface area contributed by atoms with Gasteiger partial charge in [0.15, 0.2) is 0 Å². The topological polar surface area (TPSA) is 71.2 Å². The number of benzene rings is 1. The highest BCUT2D eigenvalue weighted by atomic mass is 16.1. The molecule has 5 nitrogen and oxygen atoms in total. The van der Waals surface area contributed by atoms with Crippen molar-refractivity contribution in [2.24, 2.45) is 5.73 Å². The molecule has 1 atom stereocenters. The van der Waals surface area contributed by atoms with Gasteiger partial charge in [-0.1, -0.05) is 18.2 Å². The van der Waals surface area contributed by atoms with Crippen LogP contribution < -0.4 is 16.0 Å². The predicted molar refractivity (Wildman–Crippen MR) is 89.3 cm³/mol. The van der Waals surface area contributed by atoms with Crippen molar-refractivity contribution in [3.8, 4) is 0 Å². The standard InChI is InChI=1S/C17H22N4O/c1-13(18)10-11-19-17(22)14-8-9-16(20-12-14)21(2)15-6-4-3-5-7-15/h3-9,12-13H,10-11,18H2,1-2H3,(H,19,22).